The SMILES string of the molecule is COC(=O)/C(=C(/C(=O)OC)C12CC3CC(CC(C3)C1)C2)C(C)C. The highest BCUT2D eigenvalue weighted by Gasteiger charge is 2.55. The van der Waals surface area contributed by atoms with Gasteiger partial charge >= 0.3 is 11.9 Å². The second-order valence-electron chi connectivity index (χ2n) is 8.12. The standard InChI is InChI=1S/C19H28O4/c1-11(2)15(17(20)22-3)16(18(21)23-4)19-8-12-5-13(9-19)7-14(6-12)10-19/h11-14H,5-10H2,1-4H3/b16-15-. The van der Waals surface area contributed by atoms with E-state index in [1.54, 1.807) is 0 Å². The van der Waals surface area contributed by atoms with Crippen molar-refractivity contribution in [3.05, 3.63) is 11.1 Å². The van der Waals surface area contributed by atoms with E-state index in [2.05, 4.69) is 0 Å². The van der Waals surface area contributed by atoms with Crippen LogP contribution >= 0.6 is 0 Å². The molecule has 0 aromatic heterocycles. The number of ether oxygens (including phenoxy) is 2. The van der Waals surface area contributed by atoms with Crippen molar-refractivity contribution in [2.45, 2.75) is 52.4 Å². The lowest BCUT2D eigenvalue weighted by Crippen LogP contribution is -2.49. The molecule has 4 aliphatic rings. The smallest absolute Gasteiger partial charge is 0.334 e. The lowest BCUT2D eigenvalue weighted by atomic mass is 9.47. The zero-order chi connectivity index (χ0) is 16.8. The van der Waals surface area contributed by atoms with Crippen molar-refractivity contribution in [3.8, 4) is 0 Å². The summed E-state index contributed by atoms with van der Waals surface area (Å²) in [6, 6.07) is 0. The van der Waals surface area contributed by atoms with Gasteiger partial charge in [0.1, 0.15) is 0 Å². The molecule has 4 nitrogen and oxygen atoms in total. The van der Waals surface area contributed by atoms with Crippen molar-refractivity contribution < 1.29 is 19.1 Å². The molecule has 0 aromatic carbocycles. The summed E-state index contributed by atoms with van der Waals surface area (Å²) >= 11 is 0. The Kier molecular flexibility index (Phi) is 4.28. The number of hydrogen-bond acceptors (Lipinski definition) is 4. The van der Waals surface area contributed by atoms with Crippen LogP contribution in [0.3, 0.4) is 0 Å². The highest BCUT2D eigenvalue weighted by Crippen LogP contribution is 2.63. The number of carbonyl (C=O) groups is 2. The topological polar surface area (TPSA) is 52.6 Å². The first-order valence-corrected chi connectivity index (χ1v) is 8.81. The lowest BCUT2D eigenvalue weighted by molar-refractivity contribution is -0.143. The molecule has 4 bridgehead atoms. The Morgan fingerprint density at radius 3 is 1.65 bits per heavy atom. The molecule has 0 spiro atoms. The third-order valence-electron chi connectivity index (χ3n) is 6.21. The van der Waals surface area contributed by atoms with E-state index in [1.165, 1.54) is 33.5 Å². The third-order valence-corrected chi connectivity index (χ3v) is 6.21. The quantitative estimate of drug-likeness (QED) is 0.587. The van der Waals surface area contributed by atoms with E-state index in [9.17, 15) is 9.59 Å². The molecule has 4 heteroatoms. The van der Waals surface area contributed by atoms with Crippen LogP contribution in [0.4, 0.5) is 0 Å². The minimum atomic E-state index is -0.379. The number of rotatable bonds is 4. The van der Waals surface area contributed by atoms with Crippen molar-refractivity contribution in [1.29, 1.82) is 0 Å². The number of carbonyl (C=O) groups excluding carboxylic acids is 2. The highest BCUT2D eigenvalue weighted by atomic mass is 16.5. The molecule has 128 valence electrons. The molecule has 0 saturated heterocycles. The molecule has 0 amide bonds. The summed E-state index contributed by atoms with van der Waals surface area (Å²) in [5.41, 5.74) is 0.984. The fourth-order valence-corrected chi connectivity index (χ4v) is 5.87. The monoisotopic (exact) mass is 320 g/mol. The Hall–Kier alpha value is -1.32. The number of hydrogen-bond donors (Lipinski definition) is 0. The van der Waals surface area contributed by atoms with Crippen LogP contribution in [0, 0.1) is 29.1 Å². The van der Waals surface area contributed by atoms with Crippen molar-refractivity contribution in [3.63, 3.8) is 0 Å². The summed E-state index contributed by atoms with van der Waals surface area (Å²) in [6.45, 7) is 3.91. The predicted octanol–water partition coefficient (Wildman–Crippen LogP) is 3.50. The second-order valence-corrected chi connectivity index (χ2v) is 8.12. The number of methoxy groups -OCH3 is 2. The fourth-order valence-electron chi connectivity index (χ4n) is 5.87. The van der Waals surface area contributed by atoms with Crippen molar-refractivity contribution in [2.75, 3.05) is 14.2 Å². The van der Waals surface area contributed by atoms with E-state index < -0.39 is 0 Å². The maximum atomic E-state index is 12.7. The van der Waals surface area contributed by atoms with Gasteiger partial charge in [0.2, 0.25) is 0 Å². The van der Waals surface area contributed by atoms with Crippen LogP contribution in [0.1, 0.15) is 52.4 Å². The molecule has 4 aliphatic carbocycles. The first kappa shape index (κ1) is 16.5. The predicted molar refractivity (Wildman–Crippen MR) is 86.5 cm³/mol. The van der Waals surface area contributed by atoms with E-state index in [4.69, 9.17) is 9.47 Å². The molecule has 0 atom stereocenters. The van der Waals surface area contributed by atoms with Gasteiger partial charge < -0.3 is 9.47 Å². The Morgan fingerprint density at radius 1 is 0.870 bits per heavy atom. The Balaban J connectivity index is 2.12. The van der Waals surface area contributed by atoms with Crippen LogP contribution in [-0.2, 0) is 19.1 Å². The molecule has 0 heterocycles. The molecule has 0 N–H and O–H groups in total. The molecule has 0 radical (unpaired) electrons. The average molecular weight is 320 g/mol. The van der Waals surface area contributed by atoms with Crippen LogP contribution in [0.25, 0.3) is 0 Å². The van der Waals surface area contributed by atoms with Crippen molar-refractivity contribution >= 4 is 11.9 Å². The van der Waals surface area contributed by atoms with Crippen molar-refractivity contribution in [1.82, 2.24) is 0 Å². The summed E-state index contributed by atoms with van der Waals surface area (Å²) in [7, 11) is 2.80. The molecule has 0 aliphatic heterocycles. The maximum Gasteiger partial charge on any atom is 0.334 e. The second kappa shape index (κ2) is 5.95. The van der Waals surface area contributed by atoms with E-state index in [0.29, 0.717) is 28.9 Å². The van der Waals surface area contributed by atoms with Gasteiger partial charge in [0, 0.05) is 5.41 Å². The summed E-state index contributed by atoms with van der Waals surface area (Å²) < 4.78 is 10.1. The molecule has 0 aromatic rings. The molecular weight excluding hydrogens is 292 g/mol. The Bertz CT molecular complexity index is 508. The molecule has 4 rings (SSSR count). The average Bonchev–Trinajstić information content (AvgIpc) is 2.49. The van der Waals surface area contributed by atoms with Crippen LogP contribution in [0.5, 0.6) is 0 Å². The zero-order valence-corrected chi connectivity index (χ0v) is 14.7. The highest BCUT2D eigenvalue weighted by molar-refractivity contribution is 6.01. The minimum absolute atomic E-state index is 0.0513. The molecule has 23 heavy (non-hydrogen) atoms. The van der Waals surface area contributed by atoms with Gasteiger partial charge in [0.15, 0.2) is 0 Å². The van der Waals surface area contributed by atoms with Gasteiger partial charge in [0.05, 0.1) is 25.4 Å². The van der Waals surface area contributed by atoms with Crippen LogP contribution in [-0.4, -0.2) is 26.2 Å². The van der Waals surface area contributed by atoms with Crippen LogP contribution in [0.2, 0.25) is 0 Å². The van der Waals surface area contributed by atoms with Crippen molar-refractivity contribution in [2.24, 2.45) is 29.1 Å². The van der Waals surface area contributed by atoms with E-state index in [-0.39, 0.29) is 23.3 Å². The molecular formula is C19H28O4. The Labute approximate surface area is 138 Å². The largest absolute Gasteiger partial charge is 0.466 e. The fraction of sp³-hybridized carbons (Fsp3) is 0.789. The summed E-state index contributed by atoms with van der Waals surface area (Å²) in [6.07, 6.45) is 6.96. The molecule has 0 unspecified atom stereocenters. The number of esters is 2. The van der Waals surface area contributed by atoms with Gasteiger partial charge in [-0.05, 0) is 62.2 Å². The van der Waals surface area contributed by atoms with Gasteiger partial charge in [-0.1, -0.05) is 13.8 Å². The summed E-state index contributed by atoms with van der Waals surface area (Å²) in [5, 5.41) is 0. The van der Waals surface area contributed by atoms with Crippen LogP contribution < -0.4 is 0 Å². The first-order chi connectivity index (χ1) is 10.9. The minimum Gasteiger partial charge on any atom is -0.466 e. The first-order valence-electron chi connectivity index (χ1n) is 8.81. The van der Waals surface area contributed by atoms with E-state index in [1.807, 2.05) is 13.8 Å². The van der Waals surface area contributed by atoms with E-state index in [0.717, 1.165) is 19.3 Å². The molecule has 4 saturated carbocycles. The lowest BCUT2D eigenvalue weighted by Gasteiger charge is -2.57. The zero-order valence-electron chi connectivity index (χ0n) is 14.7. The van der Waals surface area contributed by atoms with Gasteiger partial charge in [0.25, 0.3) is 0 Å². The van der Waals surface area contributed by atoms with Gasteiger partial charge in [-0.2, -0.15) is 0 Å². The third kappa shape index (κ3) is 2.70. The maximum absolute atomic E-state index is 12.7. The van der Waals surface area contributed by atoms with Gasteiger partial charge in [-0.3, -0.25) is 0 Å². The normalized spacial score (nSPS) is 36.0. The molecule has 4 fully saturated rings. The summed E-state index contributed by atoms with van der Waals surface area (Å²) in [4.78, 5) is 25.1. The van der Waals surface area contributed by atoms with E-state index >= 15 is 0 Å². The van der Waals surface area contributed by atoms with Gasteiger partial charge in [-0.15, -0.1) is 0 Å². The Morgan fingerprint density at radius 2 is 1.30 bits per heavy atom. The summed E-state index contributed by atoms with van der Waals surface area (Å²) in [5.74, 6) is 1.34. The van der Waals surface area contributed by atoms with Crippen LogP contribution in [0.15, 0.2) is 11.1 Å². The van der Waals surface area contributed by atoms with Gasteiger partial charge in [-0.25, -0.2) is 9.59 Å².